The van der Waals surface area contributed by atoms with Crippen molar-refractivity contribution in [1.82, 2.24) is 9.21 Å². The summed E-state index contributed by atoms with van der Waals surface area (Å²) in [6.07, 6.45) is 7.09. The van der Waals surface area contributed by atoms with Gasteiger partial charge in [0, 0.05) is 38.3 Å². The first-order valence-electron chi connectivity index (χ1n) is 11.0. The molecule has 0 atom stereocenters. The van der Waals surface area contributed by atoms with Gasteiger partial charge in [0.05, 0.1) is 19.1 Å². The number of hydrogen-bond acceptors (Lipinski definition) is 5. The number of methoxy groups -OCH3 is 2. The highest BCUT2D eigenvalue weighted by Crippen LogP contribution is 2.55. The van der Waals surface area contributed by atoms with Gasteiger partial charge in [0.2, 0.25) is 10.0 Å². The van der Waals surface area contributed by atoms with Crippen molar-refractivity contribution >= 4 is 10.0 Å². The predicted octanol–water partition coefficient (Wildman–Crippen LogP) is 2.83. The molecule has 160 valence electrons. The van der Waals surface area contributed by atoms with E-state index in [-0.39, 0.29) is 4.90 Å². The number of rotatable bonds is 5. The van der Waals surface area contributed by atoms with Crippen molar-refractivity contribution in [2.45, 2.75) is 43.0 Å². The van der Waals surface area contributed by atoms with Crippen LogP contribution >= 0.6 is 0 Å². The fourth-order valence-electron chi connectivity index (χ4n) is 6.86. The van der Waals surface area contributed by atoms with E-state index in [0.717, 1.165) is 36.8 Å². The average molecular weight is 421 g/mol. The zero-order chi connectivity index (χ0) is 20.2. The Morgan fingerprint density at radius 3 is 1.97 bits per heavy atom. The molecule has 1 aliphatic heterocycles. The van der Waals surface area contributed by atoms with E-state index in [1.54, 1.807) is 29.6 Å². The van der Waals surface area contributed by atoms with Gasteiger partial charge in [-0.15, -0.1) is 0 Å². The minimum atomic E-state index is -3.52. The van der Waals surface area contributed by atoms with Gasteiger partial charge in [-0.25, -0.2) is 8.42 Å². The lowest BCUT2D eigenvalue weighted by Crippen LogP contribution is -2.60. The molecule has 1 aromatic rings. The van der Waals surface area contributed by atoms with Crippen LogP contribution in [0.15, 0.2) is 23.1 Å². The summed E-state index contributed by atoms with van der Waals surface area (Å²) >= 11 is 0. The Labute approximate surface area is 174 Å². The predicted molar refractivity (Wildman–Crippen MR) is 111 cm³/mol. The first-order chi connectivity index (χ1) is 14.0. The highest BCUT2D eigenvalue weighted by Gasteiger charge is 2.50. The maximum absolute atomic E-state index is 13.2. The van der Waals surface area contributed by atoms with E-state index in [0.29, 0.717) is 30.6 Å². The summed E-state index contributed by atoms with van der Waals surface area (Å²) in [5.41, 5.74) is 0. The summed E-state index contributed by atoms with van der Waals surface area (Å²) in [7, 11) is -0.446. The third kappa shape index (κ3) is 3.35. The summed E-state index contributed by atoms with van der Waals surface area (Å²) in [5, 5.41) is 0. The van der Waals surface area contributed by atoms with Gasteiger partial charge in [-0.05, 0) is 67.9 Å². The zero-order valence-corrected chi connectivity index (χ0v) is 18.2. The molecule has 0 radical (unpaired) electrons. The Bertz CT molecular complexity index is 836. The second-order valence-electron chi connectivity index (χ2n) is 9.38. The van der Waals surface area contributed by atoms with Gasteiger partial charge in [-0.1, -0.05) is 0 Å². The van der Waals surface area contributed by atoms with Crippen LogP contribution in [0.25, 0.3) is 0 Å². The minimum Gasteiger partial charge on any atom is -0.493 e. The van der Waals surface area contributed by atoms with Crippen molar-refractivity contribution in [3.8, 4) is 11.5 Å². The molecule has 7 heteroatoms. The smallest absolute Gasteiger partial charge is 0.243 e. The molecular weight excluding hydrogens is 388 g/mol. The van der Waals surface area contributed by atoms with Crippen LogP contribution in [0.1, 0.15) is 32.1 Å². The molecule has 4 bridgehead atoms. The van der Waals surface area contributed by atoms with Crippen LogP contribution in [-0.4, -0.2) is 64.1 Å². The second kappa shape index (κ2) is 7.43. The van der Waals surface area contributed by atoms with E-state index in [9.17, 15) is 8.42 Å². The maximum atomic E-state index is 13.2. The number of nitrogens with zero attached hydrogens (tertiary/aromatic N) is 2. The van der Waals surface area contributed by atoms with Gasteiger partial charge < -0.3 is 9.47 Å². The summed E-state index contributed by atoms with van der Waals surface area (Å²) < 4.78 is 38.6. The van der Waals surface area contributed by atoms with Crippen molar-refractivity contribution in [3.05, 3.63) is 18.2 Å². The molecule has 0 N–H and O–H groups in total. The second-order valence-corrected chi connectivity index (χ2v) is 11.3. The monoisotopic (exact) mass is 420 g/mol. The van der Waals surface area contributed by atoms with Crippen LogP contribution in [-0.2, 0) is 10.0 Å². The summed E-state index contributed by atoms with van der Waals surface area (Å²) in [6.45, 7) is 2.83. The quantitative estimate of drug-likeness (QED) is 0.733. The average Bonchev–Trinajstić information content (AvgIpc) is 2.72. The SMILES string of the molecule is COc1ccc(S(=O)(=O)N2CCN(C3C4CC5CC(C4)CC3C5)CC2)cc1OC. The highest BCUT2D eigenvalue weighted by molar-refractivity contribution is 7.89. The van der Waals surface area contributed by atoms with Gasteiger partial charge in [0.15, 0.2) is 11.5 Å². The van der Waals surface area contributed by atoms with E-state index in [1.807, 2.05) is 0 Å². The summed E-state index contributed by atoms with van der Waals surface area (Å²) in [6, 6.07) is 5.53. The molecule has 29 heavy (non-hydrogen) atoms. The Kier molecular flexibility index (Phi) is 5.03. The first-order valence-corrected chi connectivity index (χ1v) is 12.4. The molecule has 0 amide bonds. The third-order valence-corrected chi connectivity index (χ3v) is 9.76. The van der Waals surface area contributed by atoms with Crippen LogP contribution in [0.3, 0.4) is 0 Å². The molecule has 1 saturated heterocycles. The molecule has 6 rings (SSSR count). The Morgan fingerprint density at radius 1 is 0.828 bits per heavy atom. The molecule has 0 unspecified atom stereocenters. The molecule has 5 aliphatic rings. The standard InChI is InChI=1S/C22H32N2O4S/c1-27-20-4-3-19(14-21(20)28-2)29(25,26)24-7-5-23(6-8-24)22-17-10-15-9-16(12-17)13-18(22)11-15/h3-4,14-18,22H,5-13H2,1-2H3. The van der Waals surface area contributed by atoms with E-state index in [1.165, 1.54) is 39.2 Å². The topological polar surface area (TPSA) is 59.1 Å². The van der Waals surface area contributed by atoms with Gasteiger partial charge in [-0.2, -0.15) is 4.31 Å². The number of sulfonamides is 1. The van der Waals surface area contributed by atoms with Crippen molar-refractivity contribution in [3.63, 3.8) is 0 Å². The van der Waals surface area contributed by atoms with E-state index < -0.39 is 10.0 Å². The number of benzene rings is 1. The van der Waals surface area contributed by atoms with Crippen molar-refractivity contribution < 1.29 is 17.9 Å². The molecular formula is C22H32N2O4S. The Balaban J connectivity index is 1.28. The molecule has 4 saturated carbocycles. The van der Waals surface area contributed by atoms with E-state index >= 15 is 0 Å². The van der Waals surface area contributed by atoms with Crippen LogP contribution in [0.5, 0.6) is 11.5 Å². The molecule has 4 aliphatic carbocycles. The van der Waals surface area contributed by atoms with Gasteiger partial charge in [0.1, 0.15) is 0 Å². The van der Waals surface area contributed by atoms with Gasteiger partial charge in [-0.3, -0.25) is 4.90 Å². The molecule has 0 aromatic heterocycles. The normalized spacial score (nSPS) is 35.0. The third-order valence-electron chi connectivity index (χ3n) is 7.86. The lowest BCUT2D eigenvalue weighted by Gasteiger charge is -2.58. The van der Waals surface area contributed by atoms with Crippen LogP contribution in [0.4, 0.5) is 0 Å². The largest absolute Gasteiger partial charge is 0.493 e. The fraction of sp³-hybridized carbons (Fsp3) is 0.727. The number of piperazine rings is 1. The van der Waals surface area contributed by atoms with Crippen LogP contribution < -0.4 is 9.47 Å². The lowest BCUT2D eigenvalue weighted by molar-refractivity contribution is -0.0720. The zero-order valence-electron chi connectivity index (χ0n) is 17.4. The molecule has 0 spiro atoms. The molecule has 1 aromatic carbocycles. The summed E-state index contributed by atoms with van der Waals surface area (Å²) in [4.78, 5) is 2.89. The maximum Gasteiger partial charge on any atom is 0.243 e. The van der Waals surface area contributed by atoms with E-state index in [2.05, 4.69) is 4.90 Å². The van der Waals surface area contributed by atoms with Crippen LogP contribution in [0, 0.1) is 23.7 Å². The highest BCUT2D eigenvalue weighted by atomic mass is 32.2. The van der Waals surface area contributed by atoms with Crippen molar-refractivity contribution in [2.75, 3.05) is 40.4 Å². The van der Waals surface area contributed by atoms with Crippen LogP contribution in [0.2, 0.25) is 0 Å². The Hall–Kier alpha value is -1.31. The van der Waals surface area contributed by atoms with Gasteiger partial charge in [0.25, 0.3) is 0 Å². The number of ether oxygens (including phenoxy) is 2. The fourth-order valence-corrected chi connectivity index (χ4v) is 8.30. The molecule has 6 nitrogen and oxygen atoms in total. The van der Waals surface area contributed by atoms with Crippen molar-refractivity contribution in [1.29, 1.82) is 0 Å². The minimum absolute atomic E-state index is 0.276. The first kappa shape index (κ1) is 19.6. The Morgan fingerprint density at radius 2 is 1.41 bits per heavy atom. The lowest BCUT2D eigenvalue weighted by atomic mass is 9.54. The van der Waals surface area contributed by atoms with E-state index in [4.69, 9.17) is 9.47 Å². The summed E-state index contributed by atoms with van der Waals surface area (Å²) in [5.74, 6) is 4.63. The molecule has 1 heterocycles. The van der Waals surface area contributed by atoms with Gasteiger partial charge >= 0.3 is 0 Å². The van der Waals surface area contributed by atoms with Crippen molar-refractivity contribution in [2.24, 2.45) is 23.7 Å². The molecule has 5 fully saturated rings. The number of hydrogen-bond donors (Lipinski definition) is 0.